The van der Waals surface area contributed by atoms with Crippen LogP contribution in [0.15, 0.2) is 30.3 Å². The van der Waals surface area contributed by atoms with Crippen molar-refractivity contribution in [3.63, 3.8) is 0 Å². The van der Waals surface area contributed by atoms with Gasteiger partial charge in [-0.15, -0.1) is 24.8 Å². The highest BCUT2D eigenvalue weighted by Crippen LogP contribution is 2.18. The number of benzene rings is 1. The van der Waals surface area contributed by atoms with E-state index in [-0.39, 0.29) is 30.7 Å². The van der Waals surface area contributed by atoms with Crippen molar-refractivity contribution in [2.24, 2.45) is 11.7 Å². The van der Waals surface area contributed by atoms with Crippen molar-refractivity contribution in [1.82, 2.24) is 9.80 Å². The van der Waals surface area contributed by atoms with Gasteiger partial charge in [0.1, 0.15) is 0 Å². The van der Waals surface area contributed by atoms with E-state index in [0.29, 0.717) is 12.3 Å². The fourth-order valence-electron chi connectivity index (χ4n) is 2.94. The lowest BCUT2D eigenvalue weighted by atomic mass is 10.1. The summed E-state index contributed by atoms with van der Waals surface area (Å²) in [6.45, 7) is 5.98. The van der Waals surface area contributed by atoms with E-state index < -0.39 is 6.04 Å². The van der Waals surface area contributed by atoms with E-state index >= 15 is 0 Å². The van der Waals surface area contributed by atoms with E-state index in [0.717, 1.165) is 38.2 Å². The van der Waals surface area contributed by atoms with Gasteiger partial charge in [-0.3, -0.25) is 4.79 Å². The monoisotopic (exact) mass is 361 g/mol. The summed E-state index contributed by atoms with van der Waals surface area (Å²) in [6.07, 6.45) is 1.71. The maximum Gasteiger partial charge on any atom is 0.239 e. The Hall–Kier alpha value is -0.810. The second-order valence-corrected chi connectivity index (χ2v) is 6.09. The molecule has 2 unspecified atom stereocenters. The van der Waals surface area contributed by atoms with Gasteiger partial charge in [-0.2, -0.15) is 0 Å². The molecule has 0 spiro atoms. The normalized spacial score (nSPS) is 18.3. The number of rotatable bonds is 6. The van der Waals surface area contributed by atoms with Gasteiger partial charge in [0.05, 0.1) is 6.04 Å². The summed E-state index contributed by atoms with van der Waals surface area (Å²) in [6, 6.07) is 9.58. The fourth-order valence-corrected chi connectivity index (χ4v) is 2.94. The molecule has 1 aliphatic heterocycles. The van der Waals surface area contributed by atoms with E-state index in [1.165, 1.54) is 0 Å². The average Bonchev–Trinajstić information content (AvgIpc) is 2.95. The third kappa shape index (κ3) is 6.68. The first-order valence-corrected chi connectivity index (χ1v) is 7.87. The van der Waals surface area contributed by atoms with Gasteiger partial charge in [0.2, 0.25) is 5.91 Å². The molecule has 1 amide bonds. The third-order valence-electron chi connectivity index (χ3n) is 4.32. The SMILES string of the molecule is CCN(C)CC1CCN(C(=O)C(N)Cc2ccccc2)C1.Cl.Cl. The highest BCUT2D eigenvalue weighted by molar-refractivity contribution is 5.85. The first-order chi connectivity index (χ1) is 10.1. The summed E-state index contributed by atoms with van der Waals surface area (Å²) in [7, 11) is 2.13. The van der Waals surface area contributed by atoms with Crippen LogP contribution in [0.4, 0.5) is 0 Å². The largest absolute Gasteiger partial charge is 0.341 e. The molecule has 0 aromatic heterocycles. The zero-order valence-corrected chi connectivity index (χ0v) is 15.6. The molecule has 0 bridgehead atoms. The highest BCUT2D eigenvalue weighted by atomic mass is 35.5. The summed E-state index contributed by atoms with van der Waals surface area (Å²) < 4.78 is 0. The quantitative estimate of drug-likeness (QED) is 0.844. The van der Waals surface area contributed by atoms with Gasteiger partial charge >= 0.3 is 0 Å². The smallest absolute Gasteiger partial charge is 0.239 e. The molecule has 1 fully saturated rings. The van der Waals surface area contributed by atoms with Gasteiger partial charge < -0.3 is 15.5 Å². The van der Waals surface area contributed by atoms with Crippen LogP contribution in [0.25, 0.3) is 0 Å². The molecule has 23 heavy (non-hydrogen) atoms. The Balaban J connectivity index is 0.00000242. The maximum atomic E-state index is 12.4. The van der Waals surface area contributed by atoms with Crippen LogP contribution in [-0.2, 0) is 11.2 Å². The van der Waals surface area contributed by atoms with Gasteiger partial charge in [-0.1, -0.05) is 37.3 Å². The predicted molar refractivity (Wildman–Crippen MR) is 100 cm³/mol. The second kappa shape index (κ2) is 10.9. The van der Waals surface area contributed by atoms with Crippen molar-refractivity contribution < 1.29 is 4.79 Å². The molecule has 0 aliphatic carbocycles. The Morgan fingerprint density at radius 2 is 2.00 bits per heavy atom. The van der Waals surface area contributed by atoms with E-state index in [1.807, 2.05) is 35.2 Å². The molecule has 0 radical (unpaired) electrons. The summed E-state index contributed by atoms with van der Waals surface area (Å²) in [5.41, 5.74) is 7.23. The van der Waals surface area contributed by atoms with Crippen LogP contribution in [0.5, 0.6) is 0 Å². The number of likely N-dealkylation sites (tertiary alicyclic amines) is 1. The Kier molecular flexibility index (Phi) is 10.5. The lowest BCUT2D eigenvalue weighted by Crippen LogP contribution is -2.44. The van der Waals surface area contributed by atoms with Gasteiger partial charge in [-0.05, 0) is 37.9 Å². The minimum Gasteiger partial charge on any atom is -0.341 e. The lowest BCUT2D eigenvalue weighted by molar-refractivity contribution is -0.131. The molecular weight excluding hydrogens is 333 g/mol. The number of hydrogen-bond donors (Lipinski definition) is 1. The number of amides is 1. The van der Waals surface area contributed by atoms with Crippen LogP contribution in [0.2, 0.25) is 0 Å². The molecule has 2 N–H and O–H groups in total. The molecule has 1 aromatic carbocycles. The van der Waals surface area contributed by atoms with Crippen LogP contribution >= 0.6 is 24.8 Å². The number of carbonyl (C=O) groups excluding carboxylic acids is 1. The number of halogens is 2. The number of carbonyl (C=O) groups is 1. The van der Waals surface area contributed by atoms with E-state index in [1.54, 1.807) is 0 Å². The van der Waals surface area contributed by atoms with Gasteiger partial charge in [0.25, 0.3) is 0 Å². The van der Waals surface area contributed by atoms with Crippen molar-refractivity contribution in [2.75, 3.05) is 33.2 Å². The maximum absolute atomic E-state index is 12.4. The first-order valence-electron chi connectivity index (χ1n) is 7.87. The van der Waals surface area contributed by atoms with E-state index in [4.69, 9.17) is 5.73 Å². The molecule has 1 aromatic rings. The van der Waals surface area contributed by atoms with E-state index in [9.17, 15) is 4.79 Å². The predicted octanol–water partition coefficient (Wildman–Crippen LogP) is 2.20. The Labute approximate surface area is 152 Å². The molecule has 2 rings (SSSR count). The first kappa shape index (κ1) is 22.2. The minimum atomic E-state index is -0.421. The molecule has 1 heterocycles. The molecule has 2 atom stereocenters. The van der Waals surface area contributed by atoms with Crippen molar-refractivity contribution in [1.29, 1.82) is 0 Å². The molecule has 132 valence electrons. The summed E-state index contributed by atoms with van der Waals surface area (Å²) in [4.78, 5) is 16.7. The number of nitrogens with zero attached hydrogens (tertiary/aromatic N) is 2. The molecule has 1 aliphatic rings. The Morgan fingerprint density at radius 3 is 2.61 bits per heavy atom. The molecule has 0 saturated carbocycles. The van der Waals surface area contributed by atoms with Crippen molar-refractivity contribution in [3.05, 3.63) is 35.9 Å². The van der Waals surface area contributed by atoms with Gasteiger partial charge in [-0.25, -0.2) is 0 Å². The molecular formula is C17H29Cl2N3O. The summed E-state index contributed by atoms with van der Waals surface area (Å²) in [5.74, 6) is 0.684. The van der Waals surface area contributed by atoms with Gasteiger partial charge in [0.15, 0.2) is 0 Å². The topological polar surface area (TPSA) is 49.6 Å². The van der Waals surface area contributed by atoms with Crippen LogP contribution in [0.1, 0.15) is 18.9 Å². The van der Waals surface area contributed by atoms with Crippen LogP contribution in [0, 0.1) is 5.92 Å². The van der Waals surface area contributed by atoms with E-state index in [2.05, 4.69) is 18.9 Å². The number of nitrogens with two attached hydrogens (primary N) is 1. The zero-order valence-electron chi connectivity index (χ0n) is 14.0. The standard InChI is InChI=1S/C17H27N3O.2ClH/c1-3-19(2)12-15-9-10-20(13-15)17(21)16(18)11-14-7-5-4-6-8-14;;/h4-8,15-16H,3,9-13,18H2,1-2H3;2*1H. The fraction of sp³-hybridized carbons (Fsp3) is 0.588. The third-order valence-corrected chi connectivity index (χ3v) is 4.32. The van der Waals surface area contributed by atoms with Crippen molar-refractivity contribution in [2.45, 2.75) is 25.8 Å². The second-order valence-electron chi connectivity index (χ2n) is 6.09. The minimum absolute atomic E-state index is 0. The molecule has 4 nitrogen and oxygen atoms in total. The van der Waals surface area contributed by atoms with Crippen molar-refractivity contribution >= 4 is 30.7 Å². The van der Waals surface area contributed by atoms with Crippen LogP contribution in [-0.4, -0.2) is 55.0 Å². The number of hydrogen-bond acceptors (Lipinski definition) is 3. The Morgan fingerprint density at radius 1 is 1.35 bits per heavy atom. The molecule has 6 heteroatoms. The lowest BCUT2D eigenvalue weighted by Gasteiger charge is -2.22. The highest BCUT2D eigenvalue weighted by Gasteiger charge is 2.29. The van der Waals surface area contributed by atoms with Crippen LogP contribution < -0.4 is 5.73 Å². The summed E-state index contributed by atoms with van der Waals surface area (Å²) >= 11 is 0. The Bertz CT molecular complexity index is 458. The zero-order chi connectivity index (χ0) is 15.2. The summed E-state index contributed by atoms with van der Waals surface area (Å²) in [5, 5.41) is 0. The van der Waals surface area contributed by atoms with Gasteiger partial charge in [0, 0.05) is 19.6 Å². The molecule has 1 saturated heterocycles. The van der Waals surface area contributed by atoms with Crippen LogP contribution in [0.3, 0.4) is 0 Å². The average molecular weight is 362 g/mol. The van der Waals surface area contributed by atoms with Crippen molar-refractivity contribution in [3.8, 4) is 0 Å².